The number of hydrogen-bond donors (Lipinski definition) is 2. The first-order valence-corrected chi connectivity index (χ1v) is 5.62. The van der Waals surface area contributed by atoms with E-state index in [1.807, 2.05) is 0 Å². The normalized spacial score (nSPS) is 27.2. The summed E-state index contributed by atoms with van der Waals surface area (Å²) in [4.78, 5) is 24.6. The number of nitrogens with one attached hydrogen (secondary N) is 1. The number of rotatable bonds is 3. The highest BCUT2D eigenvalue weighted by Gasteiger charge is 2.58. The summed E-state index contributed by atoms with van der Waals surface area (Å²) < 4.78 is 3.72. The molecule has 1 saturated heterocycles. The van der Waals surface area contributed by atoms with E-state index in [1.165, 1.54) is 4.90 Å². The smallest absolute Gasteiger partial charge is 0.233 e. The number of hydrazine groups is 1. The molecule has 1 aromatic heterocycles. The number of amides is 2. The van der Waals surface area contributed by atoms with Crippen LogP contribution >= 0.6 is 11.5 Å². The van der Waals surface area contributed by atoms with Crippen molar-refractivity contribution < 1.29 is 9.59 Å². The van der Waals surface area contributed by atoms with Gasteiger partial charge in [0.15, 0.2) is 0 Å². The lowest BCUT2D eigenvalue weighted by Gasteiger charge is -2.14. The molecule has 2 aliphatic rings. The Kier molecular flexibility index (Phi) is 1.95. The number of carbonyl (C=O) groups is 2. The van der Waals surface area contributed by atoms with E-state index in [-0.39, 0.29) is 30.2 Å². The van der Waals surface area contributed by atoms with E-state index in [0.29, 0.717) is 17.1 Å². The van der Waals surface area contributed by atoms with Crippen LogP contribution in [-0.2, 0) is 16.1 Å². The Balaban J connectivity index is 1.80. The molecule has 16 heavy (non-hydrogen) atoms. The van der Waals surface area contributed by atoms with Gasteiger partial charge in [-0.15, -0.1) is 5.10 Å². The Bertz CT molecular complexity index is 453. The van der Waals surface area contributed by atoms with Crippen molar-refractivity contribution in [2.24, 2.45) is 17.7 Å². The molecular weight excluding hydrogens is 230 g/mol. The van der Waals surface area contributed by atoms with Crippen molar-refractivity contribution in [2.75, 3.05) is 5.43 Å². The second-order valence-electron chi connectivity index (χ2n) is 3.90. The molecule has 1 aliphatic heterocycles. The molecule has 0 radical (unpaired) electrons. The quantitative estimate of drug-likeness (QED) is 0.412. The molecule has 3 N–H and O–H groups in total. The molecule has 1 saturated carbocycles. The summed E-state index contributed by atoms with van der Waals surface area (Å²) >= 11 is 1.10. The molecule has 84 valence electrons. The van der Waals surface area contributed by atoms with Crippen LogP contribution in [0.3, 0.4) is 0 Å². The van der Waals surface area contributed by atoms with Gasteiger partial charge in [-0.1, -0.05) is 4.49 Å². The molecule has 0 spiro atoms. The zero-order valence-corrected chi connectivity index (χ0v) is 9.03. The Morgan fingerprint density at radius 1 is 1.44 bits per heavy atom. The molecule has 2 amide bonds. The lowest BCUT2D eigenvalue weighted by molar-refractivity contribution is -0.142. The highest BCUT2D eigenvalue weighted by molar-refractivity contribution is 7.10. The van der Waals surface area contributed by atoms with Gasteiger partial charge in [0.25, 0.3) is 0 Å². The minimum Gasteiger partial charge on any atom is -0.313 e. The average Bonchev–Trinajstić information content (AvgIpc) is 2.90. The molecule has 1 aromatic rings. The van der Waals surface area contributed by atoms with Gasteiger partial charge in [0.2, 0.25) is 11.8 Å². The van der Waals surface area contributed by atoms with Gasteiger partial charge in [0.05, 0.1) is 18.4 Å². The lowest BCUT2D eigenvalue weighted by atomic mass is 10.3. The van der Waals surface area contributed by atoms with Crippen LogP contribution in [0.1, 0.15) is 12.1 Å². The number of likely N-dealkylation sites (tertiary alicyclic amines) is 1. The van der Waals surface area contributed by atoms with E-state index >= 15 is 0 Å². The van der Waals surface area contributed by atoms with Gasteiger partial charge in [-0.3, -0.25) is 14.5 Å². The molecule has 3 rings (SSSR count). The predicted octanol–water partition coefficient (Wildman–Crippen LogP) is -0.671. The molecule has 2 unspecified atom stereocenters. The molecule has 8 heteroatoms. The van der Waals surface area contributed by atoms with Crippen molar-refractivity contribution in [3.05, 3.63) is 5.69 Å². The molecule has 0 bridgehead atoms. The number of anilines is 1. The topological polar surface area (TPSA) is 101 Å². The van der Waals surface area contributed by atoms with E-state index in [1.54, 1.807) is 0 Å². The Morgan fingerprint density at radius 3 is 2.75 bits per heavy atom. The first-order valence-electron chi connectivity index (χ1n) is 4.85. The summed E-state index contributed by atoms with van der Waals surface area (Å²) in [5.41, 5.74) is 2.98. The second kappa shape index (κ2) is 3.22. The van der Waals surface area contributed by atoms with Crippen LogP contribution in [0.15, 0.2) is 0 Å². The fraction of sp³-hybridized carbons (Fsp3) is 0.500. The van der Waals surface area contributed by atoms with Gasteiger partial charge in [-0.05, 0) is 6.42 Å². The van der Waals surface area contributed by atoms with Gasteiger partial charge in [0, 0.05) is 11.5 Å². The first-order chi connectivity index (χ1) is 7.72. The number of piperidine rings is 1. The number of nitrogens with two attached hydrogens (primary N) is 1. The maximum atomic E-state index is 11.7. The summed E-state index contributed by atoms with van der Waals surface area (Å²) in [6.45, 7) is 0.167. The van der Waals surface area contributed by atoms with E-state index < -0.39 is 0 Å². The first kappa shape index (κ1) is 9.67. The van der Waals surface area contributed by atoms with Gasteiger partial charge < -0.3 is 5.43 Å². The van der Waals surface area contributed by atoms with Crippen LogP contribution in [0.25, 0.3) is 0 Å². The Hall–Kier alpha value is -1.54. The highest BCUT2D eigenvalue weighted by atomic mass is 32.1. The summed E-state index contributed by atoms with van der Waals surface area (Å²) in [5, 5.41) is 4.42. The maximum Gasteiger partial charge on any atom is 0.233 e. The predicted molar refractivity (Wildman–Crippen MR) is 54.9 cm³/mol. The van der Waals surface area contributed by atoms with Crippen molar-refractivity contribution in [3.63, 3.8) is 0 Å². The standard InChI is InChI=1S/C8H9N5O2S/c9-10-6-5(11-12-16-6)2-13-7(14)3-1-4(3)8(13)15/h3-4,10H,1-2,9H2. The fourth-order valence-corrected chi connectivity index (χ4v) is 2.46. The number of imide groups is 1. The van der Waals surface area contributed by atoms with Crippen LogP contribution < -0.4 is 11.3 Å². The molecule has 1 aliphatic carbocycles. The van der Waals surface area contributed by atoms with Crippen LogP contribution in [-0.4, -0.2) is 26.3 Å². The zero-order valence-electron chi connectivity index (χ0n) is 8.21. The van der Waals surface area contributed by atoms with Crippen molar-refractivity contribution in [2.45, 2.75) is 13.0 Å². The number of nitrogen functional groups attached to an aromatic ring is 1. The number of fused-ring (bicyclic) bond motifs is 1. The van der Waals surface area contributed by atoms with Crippen LogP contribution in [0.4, 0.5) is 5.00 Å². The Morgan fingerprint density at radius 2 is 2.12 bits per heavy atom. The monoisotopic (exact) mass is 239 g/mol. The van der Waals surface area contributed by atoms with Crippen molar-refractivity contribution in [1.82, 2.24) is 14.5 Å². The Labute approximate surface area is 94.7 Å². The van der Waals surface area contributed by atoms with Crippen LogP contribution in [0, 0.1) is 11.8 Å². The van der Waals surface area contributed by atoms with E-state index in [4.69, 9.17) is 5.84 Å². The minimum atomic E-state index is -0.0917. The zero-order chi connectivity index (χ0) is 11.3. The molecule has 0 aromatic carbocycles. The molecule has 2 fully saturated rings. The van der Waals surface area contributed by atoms with Gasteiger partial charge in [-0.25, -0.2) is 5.84 Å². The number of aromatic nitrogens is 2. The maximum absolute atomic E-state index is 11.7. The van der Waals surface area contributed by atoms with E-state index in [9.17, 15) is 9.59 Å². The van der Waals surface area contributed by atoms with Gasteiger partial charge in [-0.2, -0.15) is 0 Å². The third-order valence-corrected chi connectivity index (χ3v) is 3.65. The molecule has 2 heterocycles. The largest absolute Gasteiger partial charge is 0.313 e. The molecule has 2 atom stereocenters. The second-order valence-corrected chi connectivity index (χ2v) is 4.66. The summed E-state index contributed by atoms with van der Waals surface area (Å²) in [5.74, 6) is 4.93. The summed E-state index contributed by atoms with van der Waals surface area (Å²) in [7, 11) is 0. The molecular formula is C8H9N5O2S. The minimum absolute atomic E-state index is 0.0756. The van der Waals surface area contributed by atoms with Crippen molar-refractivity contribution >= 4 is 28.3 Å². The van der Waals surface area contributed by atoms with Gasteiger partial charge >= 0.3 is 0 Å². The number of carbonyl (C=O) groups excluding carboxylic acids is 2. The number of nitrogens with zero attached hydrogens (tertiary/aromatic N) is 3. The average molecular weight is 239 g/mol. The number of hydrogen-bond acceptors (Lipinski definition) is 7. The van der Waals surface area contributed by atoms with Gasteiger partial charge in [0.1, 0.15) is 10.7 Å². The summed E-state index contributed by atoms with van der Waals surface area (Å²) in [6.07, 6.45) is 0.714. The SMILES string of the molecule is NNc1snnc1CN1C(=O)C2CC2C1=O. The summed E-state index contributed by atoms with van der Waals surface area (Å²) in [6, 6.07) is 0. The van der Waals surface area contributed by atoms with Crippen molar-refractivity contribution in [3.8, 4) is 0 Å². The van der Waals surface area contributed by atoms with E-state index in [2.05, 4.69) is 15.0 Å². The fourth-order valence-electron chi connectivity index (χ4n) is 1.98. The third-order valence-electron chi connectivity index (χ3n) is 2.95. The highest BCUT2D eigenvalue weighted by Crippen LogP contribution is 2.47. The third kappa shape index (κ3) is 1.23. The van der Waals surface area contributed by atoms with Crippen LogP contribution in [0.5, 0.6) is 0 Å². The van der Waals surface area contributed by atoms with Crippen molar-refractivity contribution in [1.29, 1.82) is 0 Å². The molecule has 7 nitrogen and oxygen atoms in total. The lowest BCUT2D eigenvalue weighted by Crippen LogP contribution is -2.32. The van der Waals surface area contributed by atoms with Crippen LogP contribution in [0.2, 0.25) is 0 Å². The van der Waals surface area contributed by atoms with E-state index in [0.717, 1.165) is 11.5 Å².